The van der Waals surface area contributed by atoms with Crippen molar-refractivity contribution >= 4 is 22.4 Å². The Morgan fingerprint density at radius 1 is 1.00 bits per heavy atom. The summed E-state index contributed by atoms with van der Waals surface area (Å²) in [5.74, 6) is 0.179. The summed E-state index contributed by atoms with van der Waals surface area (Å²) < 4.78 is 0. The number of benzene rings is 3. The predicted octanol–water partition coefficient (Wildman–Crippen LogP) is 4.36. The summed E-state index contributed by atoms with van der Waals surface area (Å²) in [5, 5.41) is 2.36. The van der Waals surface area contributed by atoms with Gasteiger partial charge in [0.15, 0.2) is 0 Å². The monoisotopic (exact) mass is 301 g/mol. The number of amides is 1. The van der Waals surface area contributed by atoms with Crippen molar-refractivity contribution in [2.45, 2.75) is 25.8 Å². The average molecular weight is 301 g/mol. The molecule has 0 aromatic heterocycles. The summed E-state index contributed by atoms with van der Waals surface area (Å²) in [6.45, 7) is 2.13. The Balaban J connectivity index is 1.68. The number of para-hydroxylation sites is 1. The Hall–Kier alpha value is -2.61. The summed E-state index contributed by atoms with van der Waals surface area (Å²) in [5.41, 5.74) is 3.45. The lowest BCUT2D eigenvalue weighted by Gasteiger charge is -2.23. The van der Waals surface area contributed by atoms with Crippen LogP contribution in [-0.4, -0.2) is 11.9 Å². The van der Waals surface area contributed by atoms with Gasteiger partial charge in [0.05, 0.1) is 6.42 Å². The molecule has 0 aliphatic carbocycles. The lowest BCUT2D eigenvalue weighted by molar-refractivity contribution is -0.118. The summed E-state index contributed by atoms with van der Waals surface area (Å²) >= 11 is 0. The molecule has 0 bridgehead atoms. The van der Waals surface area contributed by atoms with Crippen LogP contribution in [0, 0.1) is 0 Å². The fraction of sp³-hybridized carbons (Fsp3) is 0.190. The normalized spacial score (nSPS) is 16.6. The van der Waals surface area contributed by atoms with E-state index in [-0.39, 0.29) is 11.9 Å². The molecule has 0 spiro atoms. The van der Waals surface area contributed by atoms with Crippen molar-refractivity contribution in [2.24, 2.45) is 0 Å². The minimum atomic E-state index is 0.179. The maximum absolute atomic E-state index is 13.0. The third-order valence-electron chi connectivity index (χ3n) is 4.70. The van der Waals surface area contributed by atoms with Crippen molar-refractivity contribution in [3.05, 3.63) is 77.9 Å². The molecule has 2 nitrogen and oxygen atoms in total. The molecule has 3 aromatic rings. The molecule has 4 rings (SSSR count). The first-order chi connectivity index (χ1) is 11.2. The van der Waals surface area contributed by atoms with Gasteiger partial charge in [0, 0.05) is 11.7 Å². The summed E-state index contributed by atoms with van der Waals surface area (Å²) in [6, 6.07) is 22.9. The number of anilines is 1. The number of nitrogens with zero attached hydrogens (tertiary/aromatic N) is 1. The van der Waals surface area contributed by atoms with Crippen LogP contribution in [0.3, 0.4) is 0 Å². The molecule has 3 aromatic carbocycles. The lowest BCUT2D eigenvalue weighted by atomic mass is 10.0. The summed E-state index contributed by atoms with van der Waals surface area (Å²) in [4.78, 5) is 14.9. The number of hydrogen-bond acceptors (Lipinski definition) is 1. The van der Waals surface area contributed by atoms with Gasteiger partial charge in [-0.05, 0) is 41.3 Å². The Kier molecular flexibility index (Phi) is 3.38. The molecular weight excluding hydrogens is 282 g/mol. The van der Waals surface area contributed by atoms with E-state index in [0.29, 0.717) is 6.42 Å². The van der Waals surface area contributed by atoms with E-state index in [1.54, 1.807) is 0 Å². The van der Waals surface area contributed by atoms with Crippen LogP contribution in [-0.2, 0) is 17.6 Å². The zero-order valence-electron chi connectivity index (χ0n) is 13.2. The lowest BCUT2D eigenvalue weighted by Crippen LogP contribution is -2.36. The molecule has 1 aliphatic heterocycles. The van der Waals surface area contributed by atoms with Gasteiger partial charge in [0.1, 0.15) is 0 Å². The highest BCUT2D eigenvalue weighted by Gasteiger charge is 2.30. The van der Waals surface area contributed by atoms with Crippen LogP contribution in [0.5, 0.6) is 0 Å². The number of carbonyl (C=O) groups is 1. The van der Waals surface area contributed by atoms with E-state index in [1.165, 1.54) is 16.3 Å². The molecule has 0 saturated carbocycles. The van der Waals surface area contributed by atoms with Crippen molar-refractivity contribution < 1.29 is 4.79 Å². The molecule has 114 valence electrons. The molecule has 0 saturated heterocycles. The van der Waals surface area contributed by atoms with Crippen LogP contribution in [0.25, 0.3) is 10.8 Å². The van der Waals surface area contributed by atoms with Gasteiger partial charge < -0.3 is 4.90 Å². The van der Waals surface area contributed by atoms with Crippen LogP contribution < -0.4 is 4.90 Å². The van der Waals surface area contributed by atoms with Gasteiger partial charge in [-0.15, -0.1) is 0 Å². The van der Waals surface area contributed by atoms with Crippen LogP contribution in [0.4, 0.5) is 5.69 Å². The highest BCUT2D eigenvalue weighted by molar-refractivity contribution is 5.99. The summed E-state index contributed by atoms with van der Waals surface area (Å²) in [6.07, 6.45) is 1.39. The third kappa shape index (κ3) is 2.40. The Morgan fingerprint density at radius 2 is 1.74 bits per heavy atom. The van der Waals surface area contributed by atoms with E-state index in [1.807, 2.05) is 35.2 Å². The molecule has 0 N–H and O–H groups in total. The van der Waals surface area contributed by atoms with Crippen LogP contribution >= 0.6 is 0 Å². The maximum atomic E-state index is 13.0. The van der Waals surface area contributed by atoms with E-state index in [9.17, 15) is 4.79 Å². The van der Waals surface area contributed by atoms with Crippen molar-refractivity contribution in [1.82, 2.24) is 0 Å². The Labute approximate surface area is 136 Å². The number of fused-ring (bicyclic) bond motifs is 2. The first kappa shape index (κ1) is 14.0. The molecule has 1 heterocycles. The molecule has 0 radical (unpaired) electrons. The van der Waals surface area contributed by atoms with Crippen molar-refractivity contribution in [2.75, 3.05) is 4.90 Å². The van der Waals surface area contributed by atoms with E-state index >= 15 is 0 Å². The maximum Gasteiger partial charge on any atom is 0.231 e. The number of carbonyl (C=O) groups excluding carboxylic acids is 1. The predicted molar refractivity (Wildman–Crippen MR) is 94.7 cm³/mol. The molecule has 1 aliphatic rings. The Bertz CT molecular complexity index is 878. The second-order valence-electron chi connectivity index (χ2n) is 6.26. The zero-order valence-corrected chi connectivity index (χ0v) is 13.2. The van der Waals surface area contributed by atoms with Crippen LogP contribution in [0.15, 0.2) is 66.7 Å². The van der Waals surface area contributed by atoms with Gasteiger partial charge in [-0.2, -0.15) is 0 Å². The minimum absolute atomic E-state index is 0.179. The highest BCUT2D eigenvalue weighted by Crippen LogP contribution is 2.32. The van der Waals surface area contributed by atoms with Crippen molar-refractivity contribution in [3.63, 3.8) is 0 Å². The largest absolute Gasteiger partial charge is 0.309 e. The fourth-order valence-corrected chi connectivity index (χ4v) is 3.64. The van der Waals surface area contributed by atoms with Gasteiger partial charge in [-0.3, -0.25) is 4.79 Å². The minimum Gasteiger partial charge on any atom is -0.309 e. The van der Waals surface area contributed by atoms with Gasteiger partial charge in [-0.25, -0.2) is 0 Å². The van der Waals surface area contributed by atoms with Crippen molar-refractivity contribution in [1.29, 1.82) is 0 Å². The quantitative estimate of drug-likeness (QED) is 0.688. The average Bonchev–Trinajstić information content (AvgIpc) is 2.91. The molecule has 1 amide bonds. The van der Waals surface area contributed by atoms with Crippen LogP contribution in [0.1, 0.15) is 18.1 Å². The first-order valence-corrected chi connectivity index (χ1v) is 8.10. The molecule has 1 unspecified atom stereocenters. The zero-order chi connectivity index (χ0) is 15.8. The molecular formula is C21H19NO. The molecule has 0 fully saturated rings. The van der Waals surface area contributed by atoms with Crippen molar-refractivity contribution in [3.8, 4) is 0 Å². The van der Waals surface area contributed by atoms with E-state index in [0.717, 1.165) is 17.7 Å². The molecule has 2 heteroatoms. The fourth-order valence-electron chi connectivity index (χ4n) is 3.64. The standard InChI is InChI=1S/C21H19NO/c1-15-13-18-8-3-5-12-20(18)22(15)21(23)14-17-10-6-9-16-7-2-4-11-19(16)17/h2-12,15H,13-14H2,1H3. The van der Waals surface area contributed by atoms with Gasteiger partial charge in [0.25, 0.3) is 0 Å². The molecule has 23 heavy (non-hydrogen) atoms. The van der Waals surface area contributed by atoms with E-state index in [4.69, 9.17) is 0 Å². The number of hydrogen-bond donors (Lipinski definition) is 0. The second-order valence-corrected chi connectivity index (χ2v) is 6.26. The Morgan fingerprint density at radius 3 is 2.65 bits per heavy atom. The number of rotatable bonds is 2. The van der Waals surface area contributed by atoms with E-state index < -0.39 is 0 Å². The molecule has 1 atom stereocenters. The van der Waals surface area contributed by atoms with Gasteiger partial charge >= 0.3 is 0 Å². The smallest absolute Gasteiger partial charge is 0.231 e. The highest BCUT2D eigenvalue weighted by atomic mass is 16.2. The SMILES string of the molecule is CC1Cc2ccccc2N1C(=O)Cc1cccc2ccccc12. The third-order valence-corrected chi connectivity index (χ3v) is 4.70. The van der Waals surface area contributed by atoms with E-state index in [2.05, 4.69) is 43.3 Å². The van der Waals surface area contributed by atoms with Crippen LogP contribution in [0.2, 0.25) is 0 Å². The topological polar surface area (TPSA) is 20.3 Å². The second kappa shape index (κ2) is 5.54. The van der Waals surface area contributed by atoms with Gasteiger partial charge in [0.2, 0.25) is 5.91 Å². The summed E-state index contributed by atoms with van der Waals surface area (Å²) in [7, 11) is 0. The van der Waals surface area contributed by atoms with Gasteiger partial charge in [-0.1, -0.05) is 60.7 Å². The first-order valence-electron chi connectivity index (χ1n) is 8.10.